The lowest BCUT2D eigenvalue weighted by Gasteiger charge is -2.38. The number of nitrogens with zero attached hydrogens (tertiary/aromatic N) is 1. The van der Waals surface area contributed by atoms with E-state index in [-0.39, 0.29) is 23.3 Å². The SMILES string of the molecule is O=C(NC(c1cnc2ccccc2c1)C1CC(O)C1)c1cc(O)ccc1F. The van der Waals surface area contributed by atoms with Crippen LogP contribution in [0.15, 0.2) is 54.7 Å². The number of nitrogens with one attached hydrogen (secondary N) is 1. The molecule has 1 heterocycles. The van der Waals surface area contributed by atoms with Crippen molar-refractivity contribution in [3.8, 4) is 5.75 Å². The highest BCUT2D eigenvalue weighted by Gasteiger charge is 2.36. The quantitative estimate of drug-likeness (QED) is 0.662. The summed E-state index contributed by atoms with van der Waals surface area (Å²) in [5.74, 6) is -1.45. The topological polar surface area (TPSA) is 82.5 Å². The van der Waals surface area contributed by atoms with E-state index in [0.29, 0.717) is 12.8 Å². The van der Waals surface area contributed by atoms with Crippen molar-refractivity contribution in [2.24, 2.45) is 5.92 Å². The van der Waals surface area contributed by atoms with Gasteiger partial charge in [0.05, 0.1) is 23.2 Å². The molecule has 2 aromatic carbocycles. The number of halogens is 1. The average Bonchev–Trinajstić information content (AvgIpc) is 2.65. The second-order valence-electron chi connectivity index (χ2n) is 6.96. The number of aromatic hydroxyl groups is 1. The van der Waals surface area contributed by atoms with E-state index < -0.39 is 17.8 Å². The summed E-state index contributed by atoms with van der Waals surface area (Å²) in [7, 11) is 0. The van der Waals surface area contributed by atoms with Crippen molar-refractivity contribution in [3.63, 3.8) is 0 Å². The molecule has 0 saturated heterocycles. The monoisotopic (exact) mass is 366 g/mol. The Kier molecular flexibility index (Phi) is 4.49. The van der Waals surface area contributed by atoms with E-state index in [1.54, 1.807) is 6.20 Å². The first-order valence-corrected chi connectivity index (χ1v) is 8.83. The molecule has 0 radical (unpaired) electrons. The van der Waals surface area contributed by atoms with Crippen LogP contribution < -0.4 is 5.32 Å². The molecular weight excluding hydrogens is 347 g/mol. The smallest absolute Gasteiger partial charge is 0.254 e. The van der Waals surface area contributed by atoms with E-state index in [9.17, 15) is 19.4 Å². The van der Waals surface area contributed by atoms with Gasteiger partial charge in [-0.05, 0) is 54.7 Å². The summed E-state index contributed by atoms with van der Waals surface area (Å²) in [4.78, 5) is 17.1. The molecule has 1 saturated carbocycles. The molecule has 1 aromatic heterocycles. The van der Waals surface area contributed by atoms with Gasteiger partial charge in [0, 0.05) is 11.6 Å². The fourth-order valence-corrected chi connectivity index (χ4v) is 3.54. The molecule has 0 spiro atoms. The number of benzene rings is 2. The highest BCUT2D eigenvalue weighted by atomic mass is 19.1. The van der Waals surface area contributed by atoms with Crippen LogP contribution in [0, 0.1) is 11.7 Å². The number of hydrogen-bond donors (Lipinski definition) is 3. The summed E-state index contributed by atoms with van der Waals surface area (Å²) in [5.41, 5.74) is 1.44. The van der Waals surface area contributed by atoms with Gasteiger partial charge in [0.25, 0.3) is 5.91 Å². The van der Waals surface area contributed by atoms with Crippen LogP contribution in [-0.2, 0) is 0 Å². The fourth-order valence-electron chi connectivity index (χ4n) is 3.54. The molecule has 3 aromatic rings. The Labute approximate surface area is 155 Å². The van der Waals surface area contributed by atoms with Gasteiger partial charge in [-0.15, -0.1) is 0 Å². The van der Waals surface area contributed by atoms with E-state index in [1.807, 2.05) is 30.3 Å². The lowest BCUT2D eigenvalue weighted by Crippen LogP contribution is -2.41. The first kappa shape index (κ1) is 17.4. The van der Waals surface area contributed by atoms with Crippen LogP contribution in [0.5, 0.6) is 5.75 Å². The number of rotatable bonds is 4. The number of aromatic nitrogens is 1. The lowest BCUT2D eigenvalue weighted by atomic mass is 9.75. The van der Waals surface area contributed by atoms with Gasteiger partial charge in [0.2, 0.25) is 0 Å². The fraction of sp³-hybridized carbons (Fsp3) is 0.238. The zero-order chi connectivity index (χ0) is 19.0. The van der Waals surface area contributed by atoms with Gasteiger partial charge < -0.3 is 15.5 Å². The minimum Gasteiger partial charge on any atom is -0.508 e. The largest absolute Gasteiger partial charge is 0.508 e. The Bertz CT molecular complexity index is 1000. The van der Waals surface area contributed by atoms with Gasteiger partial charge in [0.1, 0.15) is 11.6 Å². The molecule has 1 fully saturated rings. The third-order valence-electron chi connectivity index (χ3n) is 5.07. The maximum Gasteiger partial charge on any atom is 0.254 e. The Morgan fingerprint density at radius 3 is 2.74 bits per heavy atom. The average molecular weight is 366 g/mol. The summed E-state index contributed by atoms with van der Waals surface area (Å²) in [5, 5.41) is 23.1. The molecular formula is C21H19FN2O3. The number of carbonyl (C=O) groups excluding carboxylic acids is 1. The van der Waals surface area contributed by atoms with Gasteiger partial charge in [0.15, 0.2) is 0 Å². The number of aliphatic hydroxyl groups is 1. The summed E-state index contributed by atoms with van der Waals surface area (Å²) in [6.45, 7) is 0. The molecule has 5 nitrogen and oxygen atoms in total. The molecule has 27 heavy (non-hydrogen) atoms. The summed E-state index contributed by atoms with van der Waals surface area (Å²) in [6.07, 6.45) is 2.43. The molecule has 6 heteroatoms. The maximum atomic E-state index is 14.0. The summed E-state index contributed by atoms with van der Waals surface area (Å²) in [6, 6.07) is 12.6. The number of amides is 1. The van der Waals surface area contributed by atoms with E-state index in [1.165, 1.54) is 6.07 Å². The molecule has 1 amide bonds. The van der Waals surface area contributed by atoms with Crippen LogP contribution in [0.4, 0.5) is 4.39 Å². The molecule has 0 bridgehead atoms. The highest BCUT2D eigenvalue weighted by Crippen LogP contribution is 2.38. The second-order valence-corrected chi connectivity index (χ2v) is 6.96. The van der Waals surface area contributed by atoms with Crippen LogP contribution in [0.25, 0.3) is 10.9 Å². The van der Waals surface area contributed by atoms with Crippen molar-refractivity contribution in [2.75, 3.05) is 0 Å². The van der Waals surface area contributed by atoms with Crippen molar-refractivity contribution in [1.82, 2.24) is 10.3 Å². The number of fused-ring (bicyclic) bond motifs is 1. The highest BCUT2D eigenvalue weighted by molar-refractivity contribution is 5.95. The van der Waals surface area contributed by atoms with Gasteiger partial charge >= 0.3 is 0 Å². The molecule has 0 aliphatic heterocycles. The molecule has 138 valence electrons. The summed E-state index contributed by atoms with van der Waals surface area (Å²) < 4.78 is 14.0. The third-order valence-corrected chi connectivity index (χ3v) is 5.07. The van der Waals surface area contributed by atoms with Gasteiger partial charge in [-0.3, -0.25) is 9.78 Å². The normalized spacial score (nSPS) is 20.1. The van der Waals surface area contributed by atoms with Crippen molar-refractivity contribution in [3.05, 3.63) is 71.7 Å². The Hall–Kier alpha value is -2.99. The van der Waals surface area contributed by atoms with E-state index in [0.717, 1.165) is 28.6 Å². The minimum absolute atomic E-state index is 0.0345. The Balaban J connectivity index is 1.66. The van der Waals surface area contributed by atoms with Gasteiger partial charge in [-0.25, -0.2) is 4.39 Å². The predicted octanol–water partition coefficient (Wildman–Crippen LogP) is 3.32. The number of phenols is 1. The third kappa shape index (κ3) is 3.48. The number of phenolic OH excluding ortho intramolecular Hbond substituents is 1. The summed E-state index contributed by atoms with van der Waals surface area (Å²) >= 11 is 0. The minimum atomic E-state index is -0.700. The molecule has 1 aliphatic carbocycles. The zero-order valence-electron chi connectivity index (χ0n) is 14.5. The number of pyridine rings is 1. The molecule has 3 N–H and O–H groups in total. The van der Waals surface area contributed by atoms with Crippen molar-refractivity contribution in [1.29, 1.82) is 0 Å². The van der Waals surface area contributed by atoms with E-state index >= 15 is 0 Å². The standard InChI is InChI=1S/C21H19FN2O3/c22-18-6-5-15(25)10-17(18)21(27)24-20(13-8-16(26)9-13)14-7-12-3-1-2-4-19(12)23-11-14/h1-7,10-11,13,16,20,25-26H,8-9H2,(H,24,27). The van der Waals surface area contributed by atoms with Gasteiger partial charge in [-0.1, -0.05) is 18.2 Å². The van der Waals surface area contributed by atoms with Crippen molar-refractivity contribution >= 4 is 16.8 Å². The maximum absolute atomic E-state index is 14.0. The van der Waals surface area contributed by atoms with Crippen LogP contribution in [0.3, 0.4) is 0 Å². The second kappa shape index (κ2) is 6.96. The van der Waals surface area contributed by atoms with E-state index in [2.05, 4.69) is 10.3 Å². The molecule has 1 atom stereocenters. The van der Waals surface area contributed by atoms with E-state index in [4.69, 9.17) is 0 Å². The number of hydrogen-bond acceptors (Lipinski definition) is 4. The van der Waals surface area contributed by atoms with Crippen LogP contribution in [0.1, 0.15) is 34.8 Å². The molecule has 1 unspecified atom stereocenters. The van der Waals surface area contributed by atoms with Crippen molar-refractivity contribution < 1.29 is 19.4 Å². The first-order valence-electron chi connectivity index (χ1n) is 8.83. The molecule has 1 aliphatic rings. The molecule has 4 rings (SSSR count). The van der Waals surface area contributed by atoms with Crippen molar-refractivity contribution in [2.45, 2.75) is 25.0 Å². The van der Waals surface area contributed by atoms with Crippen LogP contribution in [0.2, 0.25) is 0 Å². The van der Waals surface area contributed by atoms with Gasteiger partial charge in [-0.2, -0.15) is 0 Å². The first-order chi connectivity index (χ1) is 13.0. The van der Waals surface area contributed by atoms with Crippen LogP contribution >= 0.6 is 0 Å². The Morgan fingerprint density at radius 2 is 1.96 bits per heavy atom. The number of para-hydroxylation sites is 1. The number of aliphatic hydroxyl groups excluding tert-OH is 1. The zero-order valence-corrected chi connectivity index (χ0v) is 14.5. The van der Waals surface area contributed by atoms with Crippen LogP contribution in [-0.4, -0.2) is 27.2 Å². The number of carbonyl (C=O) groups is 1. The Morgan fingerprint density at radius 1 is 1.19 bits per heavy atom. The lowest BCUT2D eigenvalue weighted by molar-refractivity contribution is 0.0234. The predicted molar refractivity (Wildman–Crippen MR) is 98.7 cm³/mol.